The van der Waals surface area contributed by atoms with Crippen LogP contribution in [0, 0.1) is 0 Å². The summed E-state index contributed by atoms with van der Waals surface area (Å²) in [5.74, 6) is 1.23. The van der Waals surface area contributed by atoms with Crippen molar-refractivity contribution >= 4 is 29.3 Å². The largest absolute Gasteiger partial charge is 0.497 e. The number of ether oxygens (including phenoxy) is 1. The molecule has 140 valence electrons. The number of thioether (sulfide) groups is 1. The summed E-state index contributed by atoms with van der Waals surface area (Å²) in [4.78, 5) is 18.4. The van der Waals surface area contributed by atoms with Gasteiger partial charge in [-0.25, -0.2) is 4.98 Å². The SMILES string of the molecule is COc1ccc([C@H](NC(=O)c2cc(SC)ccc2Cl)c2nccn2C)cc1. The van der Waals surface area contributed by atoms with Crippen LogP contribution in [-0.4, -0.2) is 28.8 Å². The first-order valence-corrected chi connectivity index (χ1v) is 9.89. The van der Waals surface area contributed by atoms with Crippen LogP contribution in [0.2, 0.25) is 5.02 Å². The van der Waals surface area contributed by atoms with E-state index in [0.717, 1.165) is 22.0 Å². The van der Waals surface area contributed by atoms with E-state index in [0.29, 0.717) is 10.6 Å². The molecule has 7 heteroatoms. The van der Waals surface area contributed by atoms with Gasteiger partial charge in [0.05, 0.1) is 17.7 Å². The number of aryl methyl sites for hydroxylation is 1. The lowest BCUT2D eigenvalue weighted by Crippen LogP contribution is -2.31. The number of carbonyl (C=O) groups is 1. The summed E-state index contributed by atoms with van der Waals surface area (Å²) < 4.78 is 7.11. The molecule has 0 aliphatic rings. The number of aromatic nitrogens is 2. The van der Waals surface area contributed by atoms with Crippen LogP contribution in [0.4, 0.5) is 0 Å². The molecule has 0 bridgehead atoms. The molecule has 0 saturated carbocycles. The van der Waals surface area contributed by atoms with Crippen molar-refractivity contribution in [3.05, 3.63) is 76.8 Å². The van der Waals surface area contributed by atoms with Gasteiger partial charge in [0.2, 0.25) is 0 Å². The highest BCUT2D eigenvalue weighted by molar-refractivity contribution is 7.98. The number of amides is 1. The van der Waals surface area contributed by atoms with E-state index in [4.69, 9.17) is 16.3 Å². The van der Waals surface area contributed by atoms with Crippen molar-refractivity contribution < 1.29 is 9.53 Å². The number of nitrogens with zero attached hydrogens (tertiary/aromatic N) is 2. The number of carbonyl (C=O) groups excluding carboxylic acids is 1. The molecule has 5 nitrogen and oxygen atoms in total. The first kappa shape index (κ1) is 19.3. The Bertz CT molecular complexity index is 941. The molecule has 1 heterocycles. The van der Waals surface area contributed by atoms with Crippen molar-refractivity contribution in [1.29, 1.82) is 0 Å². The second kappa shape index (κ2) is 8.50. The van der Waals surface area contributed by atoms with Gasteiger partial charge in [-0.05, 0) is 42.2 Å². The summed E-state index contributed by atoms with van der Waals surface area (Å²) in [5.41, 5.74) is 1.34. The van der Waals surface area contributed by atoms with Crippen molar-refractivity contribution in [2.75, 3.05) is 13.4 Å². The molecule has 0 fully saturated rings. The normalized spacial score (nSPS) is 11.9. The monoisotopic (exact) mass is 401 g/mol. The minimum absolute atomic E-state index is 0.250. The van der Waals surface area contributed by atoms with E-state index in [-0.39, 0.29) is 5.91 Å². The van der Waals surface area contributed by atoms with E-state index < -0.39 is 6.04 Å². The maximum atomic E-state index is 13.0. The summed E-state index contributed by atoms with van der Waals surface area (Å²) in [6.07, 6.45) is 5.51. The lowest BCUT2D eigenvalue weighted by atomic mass is 10.0. The van der Waals surface area contributed by atoms with E-state index in [1.165, 1.54) is 0 Å². The van der Waals surface area contributed by atoms with E-state index in [1.807, 2.05) is 54.4 Å². The summed E-state index contributed by atoms with van der Waals surface area (Å²) in [6, 6.07) is 12.6. The highest BCUT2D eigenvalue weighted by Crippen LogP contribution is 2.26. The number of nitrogens with one attached hydrogen (secondary N) is 1. The van der Waals surface area contributed by atoms with Crippen molar-refractivity contribution in [2.24, 2.45) is 7.05 Å². The second-order valence-electron chi connectivity index (χ2n) is 5.92. The van der Waals surface area contributed by atoms with Crippen LogP contribution >= 0.6 is 23.4 Å². The zero-order chi connectivity index (χ0) is 19.4. The molecule has 2 aromatic carbocycles. The molecule has 0 spiro atoms. The van der Waals surface area contributed by atoms with Gasteiger partial charge in [0.25, 0.3) is 5.91 Å². The van der Waals surface area contributed by atoms with E-state index in [2.05, 4.69) is 10.3 Å². The zero-order valence-corrected chi connectivity index (χ0v) is 16.8. The first-order valence-electron chi connectivity index (χ1n) is 8.29. The third-order valence-corrected chi connectivity index (χ3v) is 5.31. The standard InChI is InChI=1S/C20H20ClN3O2S/c1-24-11-10-22-19(24)18(13-4-6-14(26-2)7-5-13)23-20(25)16-12-15(27-3)8-9-17(16)21/h4-12,18H,1-3H3,(H,23,25)/t18-/m0/s1. The van der Waals surface area contributed by atoms with Gasteiger partial charge >= 0.3 is 0 Å². The molecule has 27 heavy (non-hydrogen) atoms. The third-order valence-electron chi connectivity index (χ3n) is 4.26. The van der Waals surface area contributed by atoms with Crippen LogP contribution in [-0.2, 0) is 7.05 Å². The Kier molecular flexibility index (Phi) is 6.08. The molecule has 0 aliphatic carbocycles. The van der Waals surface area contributed by atoms with Gasteiger partial charge in [0.1, 0.15) is 17.6 Å². The Morgan fingerprint density at radius 2 is 2.00 bits per heavy atom. The zero-order valence-electron chi connectivity index (χ0n) is 15.3. The van der Waals surface area contributed by atoms with Crippen LogP contribution in [0.15, 0.2) is 59.8 Å². The second-order valence-corrected chi connectivity index (χ2v) is 7.21. The van der Waals surface area contributed by atoms with E-state index in [9.17, 15) is 4.79 Å². The predicted molar refractivity (Wildman–Crippen MR) is 109 cm³/mol. The highest BCUT2D eigenvalue weighted by Gasteiger charge is 2.23. The fourth-order valence-corrected chi connectivity index (χ4v) is 3.41. The fraction of sp³-hybridized carbons (Fsp3) is 0.200. The number of benzene rings is 2. The molecule has 0 radical (unpaired) electrons. The van der Waals surface area contributed by atoms with Crippen molar-refractivity contribution in [3.8, 4) is 5.75 Å². The van der Waals surface area contributed by atoms with Gasteiger partial charge in [-0.2, -0.15) is 0 Å². The van der Waals surface area contributed by atoms with Crippen LogP contribution in [0.5, 0.6) is 5.75 Å². The molecule has 0 aliphatic heterocycles. The quantitative estimate of drug-likeness (QED) is 0.625. The third kappa shape index (κ3) is 4.28. The smallest absolute Gasteiger partial charge is 0.253 e. The Morgan fingerprint density at radius 1 is 1.26 bits per heavy atom. The van der Waals surface area contributed by atoms with Crippen LogP contribution in [0.1, 0.15) is 27.8 Å². The van der Waals surface area contributed by atoms with Crippen molar-refractivity contribution in [3.63, 3.8) is 0 Å². The number of rotatable bonds is 6. The average molecular weight is 402 g/mol. The van der Waals surface area contributed by atoms with Gasteiger partial charge in [-0.1, -0.05) is 23.7 Å². The molecule has 0 unspecified atom stereocenters. The summed E-state index contributed by atoms with van der Waals surface area (Å²) in [5, 5.41) is 3.48. The number of hydrogen-bond donors (Lipinski definition) is 1. The minimum Gasteiger partial charge on any atom is -0.497 e. The van der Waals surface area contributed by atoms with Gasteiger partial charge < -0.3 is 14.6 Å². The van der Waals surface area contributed by atoms with Crippen LogP contribution in [0.3, 0.4) is 0 Å². The Hall–Kier alpha value is -2.44. The Labute approximate surface area is 167 Å². The summed E-state index contributed by atoms with van der Waals surface area (Å²) >= 11 is 7.83. The summed E-state index contributed by atoms with van der Waals surface area (Å²) in [7, 11) is 3.51. The molecule has 3 aromatic rings. The maximum Gasteiger partial charge on any atom is 0.253 e. The number of imidazole rings is 1. The Balaban J connectivity index is 1.96. The molecular formula is C20H20ClN3O2S. The van der Waals surface area contributed by atoms with Gasteiger partial charge in [0, 0.05) is 24.3 Å². The van der Waals surface area contributed by atoms with Crippen molar-refractivity contribution in [1.82, 2.24) is 14.9 Å². The molecule has 1 aromatic heterocycles. The fourth-order valence-electron chi connectivity index (χ4n) is 2.76. The van der Waals surface area contributed by atoms with Crippen LogP contribution < -0.4 is 10.1 Å². The van der Waals surface area contributed by atoms with E-state index >= 15 is 0 Å². The Morgan fingerprint density at radius 3 is 2.59 bits per heavy atom. The molecule has 1 N–H and O–H groups in total. The van der Waals surface area contributed by atoms with Crippen LogP contribution in [0.25, 0.3) is 0 Å². The lowest BCUT2D eigenvalue weighted by Gasteiger charge is -2.20. The molecule has 3 rings (SSSR count). The molecule has 1 atom stereocenters. The number of methoxy groups -OCH3 is 1. The first-order chi connectivity index (χ1) is 13.0. The molecule has 1 amide bonds. The van der Waals surface area contributed by atoms with E-state index in [1.54, 1.807) is 37.2 Å². The molecular weight excluding hydrogens is 382 g/mol. The number of hydrogen-bond acceptors (Lipinski definition) is 4. The highest BCUT2D eigenvalue weighted by atomic mass is 35.5. The predicted octanol–water partition coefficient (Wildman–Crippen LogP) is 4.32. The van der Waals surface area contributed by atoms with Gasteiger partial charge in [0.15, 0.2) is 0 Å². The van der Waals surface area contributed by atoms with Gasteiger partial charge in [-0.3, -0.25) is 4.79 Å². The minimum atomic E-state index is -0.419. The lowest BCUT2D eigenvalue weighted by molar-refractivity contribution is 0.0941. The summed E-state index contributed by atoms with van der Waals surface area (Å²) in [6.45, 7) is 0. The molecule has 0 saturated heterocycles. The maximum absolute atomic E-state index is 13.0. The number of halogens is 1. The topological polar surface area (TPSA) is 56.1 Å². The van der Waals surface area contributed by atoms with Gasteiger partial charge in [-0.15, -0.1) is 11.8 Å². The van der Waals surface area contributed by atoms with Crippen molar-refractivity contribution in [2.45, 2.75) is 10.9 Å². The average Bonchev–Trinajstić information content (AvgIpc) is 3.12.